The first-order valence-corrected chi connectivity index (χ1v) is 13.0. The van der Waals surface area contributed by atoms with Crippen molar-refractivity contribution in [2.45, 2.75) is 36.6 Å². The number of rotatable bonds is 5. The van der Waals surface area contributed by atoms with Gasteiger partial charge in [-0.2, -0.15) is 4.31 Å². The third kappa shape index (κ3) is 3.98. The second-order valence-corrected chi connectivity index (χ2v) is 11.2. The first-order valence-electron chi connectivity index (χ1n) is 11.5. The molecular weight excluding hydrogens is 464 g/mol. The monoisotopic (exact) mass is 492 g/mol. The first-order chi connectivity index (χ1) is 16.2. The van der Waals surface area contributed by atoms with Gasteiger partial charge in [-0.05, 0) is 37.8 Å². The molecule has 1 saturated carbocycles. The summed E-state index contributed by atoms with van der Waals surface area (Å²) >= 11 is 0. The van der Waals surface area contributed by atoms with Crippen LogP contribution in [-0.4, -0.2) is 91.8 Å². The normalized spacial score (nSPS) is 25.8. The van der Waals surface area contributed by atoms with Crippen molar-refractivity contribution >= 4 is 27.9 Å². The van der Waals surface area contributed by atoms with Crippen molar-refractivity contribution in [1.29, 1.82) is 0 Å². The molecule has 34 heavy (non-hydrogen) atoms. The fraction of sp³-hybridized carbons (Fsp3) is 0.591. The van der Waals surface area contributed by atoms with Crippen LogP contribution in [0.2, 0.25) is 0 Å². The Bertz CT molecular complexity index is 1130. The predicted molar refractivity (Wildman–Crippen MR) is 119 cm³/mol. The molecule has 1 aromatic rings. The Hall–Kier alpha value is -2.86. The average Bonchev–Trinajstić information content (AvgIpc) is 3.66. The lowest BCUT2D eigenvalue weighted by Crippen LogP contribution is -2.53. The number of carbonyl (C=O) groups excluding carboxylic acids is 3. The molecule has 184 valence electrons. The van der Waals surface area contributed by atoms with Gasteiger partial charge < -0.3 is 19.7 Å². The standard InChI is InChI=1S/C22H28N4O7S/c1-22(15-3-4-15)20(28)26(21(29)23-22)14-19(27)24-7-9-25(10-8-24)34(30,31)16-5-6-17-18(13-16)33-12-2-11-32-17/h5-6,13,15H,2-4,7-12,14H2,1H3,(H,23,29). The number of piperazine rings is 1. The Balaban J connectivity index is 1.21. The van der Waals surface area contributed by atoms with E-state index in [9.17, 15) is 22.8 Å². The van der Waals surface area contributed by atoms with Crippen LogP contribution >= 0.6 is 0 Å². The number of amides is 4. The number of fused-ring (bicyclic) bond motifs is 1. The van der Waals surface area contributed by atoms with Crippen LogP contribution in [0.25, 0.3) is 0 Å². The van der Waals surface area contributed by atoms with Crippen LogP contribution in [0.5, 0.6) is 11.5 Å². The number of ether oxygens (including phenoxy) is 2. The van der Waals surface area contributed by atoms with Crippen molar-refractivity contribution in [3.8, 4) is 11.5 Å². The van der Waals surface area contributed by atoms with E-state index in [4.69, 9.17) is 9.47 Å². The Kier molecular flexibility index (Phi) is 5.67. The maximum Gasteiger partial charge on any atom is 0.325 e. The van der Waals surface area contributed by atoms with Gasteiger partial charge in [0.05, 0.1) is 18.1 Å². The minimum Gasteiger partial charge on any atom is -0.490 e. The van der Waals surface area contributed by atoms with E-state index in [1.165, 1.54) is 21.3 Å². The number of sulfonamides is 1. The largest absolute Gasteiger partial charge is 0.490 e. The summed E-state index contributed by atoms with van der Waals surface area (Å²) in [5.74, 6) is 0.284. The minimum atomic E-state index is -3.78. The Morgan fingerprint density at radius 2 is 1.76 bits per heavy atom. The molecule has 1 aliphatic carbocycles. The number of urea groups is 1. The SMILES string of the molecule is CC1(C2CC2)NC(=O)N(CC(=O)N2CCN(S(=O)(=O)c3ccc4c(c3)OCCCO4)CC2)C1=O. The molecule has 1 atom stereocenters. The molecule has 3 fully saturated rings. The maximum atomic E-state index is 13.2. The zero-order chi connectivity index (χ0) is 24.1. The molecule has 0 radical (unpaired) electrons. The van der Waals surface area contributed by atoms with Crippen LogP contribution in [0.15, 0.2) is 23.1 Å². The van der Waals surface area contributed by atoms with Gasteiger partial charge in [-0.25, -0.2) is 13.2 Å². The topological polar surface area (TPSA) is 126 Å². The quantitative estimate of drug-likeness (QED) is 0.590. The maximum absolute atomic E-state index is 13.2. The lowest BCUT2D eigenvalue weighted by atomic mass is 9.96. The van der Waals surface area contributed by atoms with Gasteiger partial charge >= 0.3 is 6.03 Å². The van der Waals surface area contributed by atoms with E-state index in [1.807, 2.05) is 0 Å². The molecule has 5 rings (SSSR count). The highest BCUT2D eigenvalue weighted by atomic mass is 32.2. The van der Waals surface area contributed by atoms with E-state index in [0.29, 0.717) is 24.7 Å². The van der Waals surface area contributed by atoms with Crippen LogP contribution in [0.1, 0.15) is 26.2 Å². The lowest BCUT2D eigenvalue weighted by molar-refractivity contribution is -0.139. The van der Waals surface area contributed by atoms with E-state index >= 15 is 0 Å². The molecular formula is C22H28N4O7S. The molecule has 1 aromatic carbocycles. The van der Waals surface area contributed by atoms with Gasteiger partial charge in [0, 0.05) is 38.7 Å². The summed E-state index contributed by atoms with van der Waals surface area (Å²) in [4.78, 5) is 40.5. The van der Waals surface area contributed by atoms with Gasteiger partial charge in [-0.3, -0.25) is 14.5 Å². The smallest absolute Gasteiger partial charge is 0.325 e. The minimum absolute atomic E-state index is 0.107. The second kappa shape index (κ2) is 8.42. The van der Waals surface area contributed by atoms with Gasteiger partial charge in [-0.1, -0.05) is 0 Å². The number of benzene rings is 1. The Labute approximate surface area is 198 Å². The lowest BCUT2D eigenvalue weighted by Gasteiger charge is -2.34. The van der Waals surface area contributed by atoms with Crippen LogP contribution in [-0.2, 0) is 19.6 Å². The Morgan fingerprint density at radius 1 is 1.09 bits per heavy atom. The number of carbonyl (C=O) groups is 3. The summed E-state index contributed by atoms with van der Waals surface area (Å²) in [6.07, 6.45) is 2.48. The number of nitrogens with zero attached hydrogens (tertiary/aromatic N) is 3. The first kappa shape index (κ1) is 22.9. The van der Waals surface area contributed by atoms with Crippen molar-refractivity contribution in [3.05, 3.63) is 18.2 Å². The highest BCUT2D eigenvalue weighted by Crippen LogP contribution is 2.42. The summed E-state index contributed by atoms with van der Waals surface area (Å²) in [5.41, 5.74) is -0.938. The zero-order valence-electron chi connectivity index (χ0n) is 19.0. The van der Waals surface area contributed by atoms with Gasteiger partial charge in [0.15, 0.2) is 11.5 Å². The molecule has 3 aliphatic heterocycles. The summed E-state index contributed by atoms with van der Waals surface area (Å²) in [7, 11) is -3.78. The predicted octanol–water partition coefficient (Wildman–Crippen LogP) is 0.401. The van der Waals surface area contributed by atoms with Crippen LogP contribution in [0, 0.1) is 5.92 Å². The van der Waals surface area contributed by atoms with Gasteiger partial charge in [0.1, 0.15) is 12.1 Å². The van der Waals surface area contributed by atoms with Crippen molar-refractivity contribution < 1.29 is 32.3 Å². The van der Waals surface area contributed by atoms with E-state index in [1.54, 1.807) is 13.0 Å². The summed E-state index contributed by atoms with van der Waals surface area (Å²) in [6.45, 7) is 2.90. The van der Waals surface area contributed by atoms with E-state index in [0.717, 1.165) is 24.2 Å². The van der Waals surface area contributed by atoms with Crippen molar-refractivity contribution in [1.82, 2.24) is 19.4 Å². The fourth-order valence-electron chi connectivity index (χ4n) is 4.66. The number of hydrogen-bond acceptors (Lipinski definition) is 7. The van der Waals surface area contributed by atoms with E-state index in [-0.39, 0.29) is 55.4 Å². The van der Waals surface area contributed by atoms with Crippen LogP contribution < -0.4 is 14.8 Å². The van der Waals surface area contributed by atoms with E-state index in [2.05, 4.69) is 5.32 Å². The number of hydrogen-bond donors (Lipinski definition) is 1. The number of imide groups is 1. The average molecular weight is 493 g/mol. The fourth-order valence-corrected chi connectivity index (χ4v) is 6.10. The second-order valence-electron chi connectivity index (χ2n) is 9.24. The summed E-state index contributed by atoms with van der Waals surface area (Å²) in [6, 6.07) is 4.01. The molecule has 12 heteroatoms. The molecule has 0 aromatic heterocycles. The molecule has 3 heterocycles. The Morgan fingerprint density at radius 3 is 2.44 bits per heavy atom. The zero-order valence-corrected chi connectivity index (χ0v) is 19.8. The highest BCUT2D eigenvalue weighted by Gasteiger charge is 2.56. The van der Waals surface area contributed by atoms with Crippen molar-refractivity contribution in [2.24, 2.45) is 5.92 Å². The van der Waals surface area contributed by atoms with Crippen molar-refractivity contribution in [2.75, 3.05) is 45.9 Å². The van der Waals surface area contributed by atoms with Crippen LogP contribution in [0.4, 0.5) is 4.79 Å². The highest BCUT2D eigenvalue weighted by molar-refractivity contribution is 7.89. The van der Waals surface area contributed by atoms with Gasteiger partial charge in [0.25, 0.3) is 5.91 Å². The third-order valence-electron chi connectivity index (χ3n) is 6.94. The van der Waals surface area contributed by atoms with E-state index < -0.39 is 21.6 Å². The number of nitrogens with one attached hydrogen (secondary N) is 1. The molecule has 4 aliphatic rings. The molecule has 1 N–H and O–H groups in total. The molecule has 2 saturated heterocycles. The molecule has 4 amide bonds. The van der Waals surface area contributed by atoms with Gasteiger partial charge in [0.2, 0.25) is 15.9 Å². The van der Waals surface area contributed by atoms with Gasteiger partial charge in [-0.15, -0.1) is 0 Å². The molecule has 11 nitrogen and oxygen atoms in total. The molecule has 1 unspecified atom stereocenters. The third-order valence-corrected chi connectivity index (χ3v) is 8.83. The van der Waals surface area contributed by atoms with Crippen molar-refractivity contribution in [3.63, 3.8) is 0 Å². The molecule has 0 spiro atoms. The summed E-state index contributed by atoms with van der Waals surface area (Å²) < 4.78 is 38.8. The molecule has 0 bridgehead atoms. The summed E-state index contributed by atoms with van der Waals surface area (Å²) in [5, 5.41) is 2.73. The van der Waals surface area contributed by atoms with Crippen LogP contribution in [0.3, 0.4) is 0 Å².